The van der Waals surface area contributed by atoms with E-state index < -0.39 is 0 Å². The fraction of sp³-hybridized carbons (Fsp3) is 0.200. The second kappa shape index (κ2) is 4.53. The van der Waals surface area contributed by atoms with Crippen LogP contribution in [0.15, 0.2) is 27.5 Å². The maximum Gasteiger partial charge on any atom is 0.263 e. The van der Waals surface area contributed by atoms with Crippen molar-refractivity contribution in [2.75, 3.05) is 6.61 Å². The molecule has 0 unspecified atom stereocenters. The molecule has 0 amide bonds. The summed E-state index contributed by atoms with van der Waals surface area (Å²) in [6.45, 7) is -0.0147. The Balaban J connectivity index is 2.86. The molecule has 1 N–H and O–H groups in total. The number of aromatic nitrogens is 2. The minimum atomic E-state index is -0.253. The molecule has 0 aliphatic carbocycles. The van der Waals surface area contributed by atoms with Gasteiger partial charge in [-0.1, -0.05) is 6.07 Å². The highest BCUT2D eigenvalue weighted by molar-refractivity contribution is 9.10. The van der Waals surface area contributed by atoms with Gasteiger partial charge in [0.15, 0.2) is 0 Å². The molecule has 16 heavy (non-hydrogen) atoms. The molecule has 0 aliphatic heterocycles. The van der Waals surface area contributed by atoms with E-state index in [1.807, 2.05) is 0 Å². The lowest BCUT2D eigenvalue weighted by molar-refractivity contribution is 0.274. The van der Waals surface area contributed by atoms with Crippen molar-refractivity contribution in [2.45, 2.75) is 6.54 Å². The summed E-state index contributed by atoms with van der Waals surface area (Å²) in [5.41, 5.74) is 0.287. The summed E-state index contributed by atoms with van der Waals surface area (Å²) < 4.78 is 1.92. The molecule has 1 aromatic heterocycles. The van der Waals surface area contributed by atoms with E-state index in [2.05, 4.69) is 20.9 Å². The summed E-state index contributed by atoms with van der Waals surface area (Å²) in [6, 6.07) is 5.27. The van der Waals surface area contributed by atoms with Crippen molar-refractivity contribution in [1.29, 1.82) is 0 Å². The molecule has 0 saturated carbocycles. The van der Waals surface area contributed by atoms with Crippen molar-refractivity contribution in [3.63, 3.8) is 0 Å². The van der Waals surface area contributed by atoms with Crippen LogP contribution in [0.5, 0.6) is 0 Å². The number of benzene rings is 1. The van der Waals surface area contributed by atoms with Crippen molar-refractivity contribution >= 4 is 38.4 Å². The van der Waals surface area contributed by atoms with E-state index in [0.717, 1.165) is 0 Å². The quantitative estimate of drug-likeness (QED) is 0.861. The number of aliphatic hydroxyl groups is 1. The minimum Gasteiger partial charge on any atom is -0.395 e. The van der Waals surface area contributed by atoms with Crippen LogP contribution in [0.4, 0.5) is 0 Å². The molecule has 6 heteroatoms. The lowest BCUT2D eigenvalue weighted by Gasteiger charge is -2.08. The van der Waals surface area contributed by atoms with Crippen molar-refractivity contribution in [3.8, 4) is 0 Å². The summed E-state index contributed by atoms with van der Waals surface area (Å²) in [4.78, 5) is 16.2. The molecule has 0 spiro atoms. The first-order chi connectivity index (χ1) is 7.65. The van der Waals surface area contributed by atoms with E-state index in [9.17, 15) is 4.79 Å². The third-order valence-corrected chi connectivity index (χ3v) is 3.16. The molecular weight excluding hydrogens is 295 g/mol. The smallest absolute Gasteiger partial charge is 0.263 e. The Hall–Kier alpha value is -0.910. The molecule has 1 aromatic carbocycles. The van der Waals surface area contributed by atoms with Crippen LogP contribution in [-0.2, 0) is 6.54 Å². The summed E-state index contributed by atoms with van der Waals surface area (Å²) in [6.07, 6.45) is 0. The third-order valence-electron chi connectivity index (χ3n) is 2.21. The van der Waals surface area contributed by atoms with Crippen LogP contribution in [-0.4, -0.2) is 21.3 Å². The summed E-state index contributed by atoms with van der Waals surface area (Å²) >= 11 is 9.16. The third kappa shape index (κ3) is 1.86. The molecule has 4 nitrogen and oxygen atoms in total. The van der Waals surface area contributed by atoms with Gasteiger partial charge in [0.05, 0.1) is 24.1 Å². The topological polar surface area (TPSA) is 55.1 Å². The second-order valence-electron chi connectivity index (χ2n) is 3.20. The molecule has 0 atom stereocenters. The zero-order chi connectivity index (χ0) is 11.7. The number of aliphatic hydroxyl groups excluding tert-OH is 1. The zero-order valence-electron chi connectivity index (χ0n) is 8.15. The van der Waals surface area contributed by atoms with Crippen LogP contribution in [0, 0.1) is 0 Å². The van der Waals surface area contributed by atoms with Crippen molar-refractivity contribution in [2.24, 2.45) is 0 Å². The lowest BCUT2D eigenvalue weighted by atomic mass is 10.2. The van der Waals surface area contributed by atoms with E-state index in [1.54, 1.807) is 18.2 Å². The molecule has 0 radical (unpaired) electrons. The largest absolute Gasteiger partial charge is 0.395 e. The monoisotopic (exact) mass is 302 g/mol. The molecule has 0 bridgehead atoms. The van der Waals surface area contributed by atoms with Gasteiger partial charge in [0.1, 0.15) is 0 Å². The standard InChI is InChI=1S/C10H8BrClN2O2/c11-6-2-1-3-7-8(6)9(16)14(4-5-15)10(12)13-7/h1-3,15H,4-5H2. The van der Waals surface area contributed by atoms with Gasteiger partial charge in [-0.25, -0.2) is 4.98 Å². The molecule has 2 rings (SSSR count). The van der Waals surface area contributed by atoms with Crippen molar-refractivity contribution in [1.82, 2.24) is 9.55 Å². The number of nitrogens with zero attached hydrogens (tertiary/aromatic N) is 2. The van der Waals surface area contributed by atoms with Crippen LogP contribution < -0.4 is 5.56 Å². The van der Waals surface area contributed by atoms with E-state index in [4.69, 9.17) is 16.7 Å². The molecule has 0 aliphatic rings. The van der Waals surface area contributed by atoms with Gasteiger partial charge < -0.3 is 5.11 Å². The van der Waals surface area contributed by atoms with Gasteiger partial charge in [-0.2, -0.15) is 0 Å². The van der Waals surface area contributed by atoms with Crippen LogP contribution >= 0.6 is 27.5 Å². The van der Waals surface area contributed by atoms with Gasteiger partial charge in [-0.15, -0.1) is 0 Å². The first-order valence-electron chi connectivity index (χ1n) is 4.60. The summed E-state index contributed by atoms with van der Waals surface area (Å²) in [7, 11) is 0. The van der Waals surface area contributed by atoms with E-state index in [-0.39, 0.29) is 24.0 Å². The van der Waals surface area contributed by atoms with Crippen molar-refractivity contribution in [3.05, 3.63) is 38.3 Å². The Morgan fingerprint density at radius 2 is 2.25 bits per heavy atom. The maximum atomic E-state index is 12.1. The molecule has 2 aromatic rings. The minimum absolute atomic E-state index is 0.0876. The molecule has 84 valence electrons. The second-order valence-corrected chi connectivity index (χ2v) is 4.39. The average molecular weight is 304 g/mol. The maximum absolute atomic E-state index is 12.1. The average Bonchev–Trinajstić information content (AvgIpc) is 2.24. The first-order valence-corrected chi connectivity index (χ1v) is 5.77. The van der Waals surface area contributed by atoms with Crippen LogP contribution in [0.3, 0.4) is 0 Å². The highest BCUT2D eigenvalue weighted by Gasteiger charge is 2.10. The SMILES string of the molecule is O=c1c2c(Br)cccc2nc(Cl)n1CCO. The van der Waals surface area contributed by atoms with Gasteiger partial charge in [0.2, 0.25) is 5.28 Å². The Labute approximate surface area is 105 Å². The molecule has 1 heterocycles. The normalized spacial score (nSPS) is 10.9. The molecule has 0 saturated heterocycles. The fourth-order valence-corrected chi connectivity index (χ4v) is 2.27. The summed E-state index contributed by atoms with van der Waals surface area (Å²) in [5, 5.41) is 9.41. The Morgan fingerprint density at radius 3 is 2.94 bits per heavy atom. The van der Waals surface area contributed by atoms with E-state index in [1.165, 1.54) is 4.57 Å². The van der Waals surface area contributed by atoms with Gasteiger partial charge in [0.25, 0.3) is 5.56 Å². The Kier molecular flexibility index (Phi) is 3.28. The number of fused-ring (bicyclic) bond motifs is 1. The van der Waals surface area contributed by atoms with Gasteiger partial charge in [0, 0.05) is 4.47 Å². The van der Waals surface area contributed by atoms with E-state index >= 15 is 0 Å². The van der Waals surface area contributed by atoms with Gasteiger partial charge in [-0.05, 0) is 39.7 Å². The van der Waals surface area contributed by atoms with E-state index in [0.29, 0.717) is 15.4 Å². The van der Waals surface area contributed by atoms with Crippen LogP contribution in [0.1, 0.15) is 0 Å². The number of hydrogen-bond acceptors (Lipinski definition) is 3. The zero-order valence-corrected chi connectivity index (χ0v) is 10.5. The Bertz CT molecular complexity index is 597. The predicted molar refractivity (Wildman–Crippen MR) is 65.8 cm³/mol. The number of halogens is 2. The van der Waals surface area contributed by atoms with Gasteiger partial charge in [-0.3, -0.25) is 9.36 Å². The number of hydrogen-bond donors (Lipinski definition) is 1. The fourth-order valence-electron chi connectivity index (χ4n) is 1.49. The van der Waals surface area contributed by atoms with Crippen LogP contribution in [0.2, 0.25) is 5.28 Å². The first kappa shape index (κ1) is 11.6. The van der Waals surface area contributed by atoms with Crippen molar-refractivity contribution < 1.29 is 5.11 Å². The molecule has 0 fully saturated rings. The lowest BCUT2D eigenvalue weighted by Crippen LogP contribution is -2.23. The Morgan fingerprint density at radius 1 is 1.50 bits per heavy atom. The molecular formula is C10H8BrClN2O2. The highest BCUT2D eigenvalue weighted by Crippen LogP contribution is 2.20. The van der Waals surface area contributed by atoms with Gasteiger partial charge >= 0.3 is 0 Å². The van der Waals surface area contributed by atoms with Crippen LogP contribution in [0.25, 0.3) is 10.9 Å². The predicted octanol–water partition coefficient (Wildman–Crippen LogP) is 1.80. The highest BCUT2D eigenvalue weighted by atomic mass is 79.9. The number of rotatable bonds is 2. The summed E-state index contributed by atoms with van der Waals surface area (Å²) in [5.74, 6) is 0.